The van der Waals surface area contributed by atoms with Crippen molar-refractivity contribution in [3.8, 4) is 11.5 Å². The highest BCUT2D eigenvalue weighted by molar-refractivity contribution is 5.37. The van der Waals surface area contributed by atoms with E-state index in [2.05, 4.69) is 26.9 Å². The van der Waals surface area contributed by atoms with Crippen LogP contribution in [0.15, 0.2) is 59.2 Å². The van der Waals surface area contributed by atoms with Crippen LogP contribution in [0.5, 0.6) is 11.5 Å². The molecular formula is C22H27N3O3. The van der Waals surface area contributed by atoms with Crippen molar-refractivity contribution in [1.29, 1.82) is 0 Å². The third kappa shape index (κ3) is 5.27. The molecule has 0 bridgehead atoms. The number of anilines is 1. The Morgan fingerprint density at radius 3 is 1.93 bits per heavy atom. The van der Waals surface area contributed by atoms with Crippen molar-refractivity contribution in [2.24, 2.45) is 0 Å². The summed E-state index contributed by atoms with van der Waals surface area (Å²) < 4.78 is 16.5. The van der Waals surface area contributed by atoms with Gasteiger partial charge in [-0.2, -0.15) is 4.98 Å². The van der Waals surface area contributed by atoms with Gasteiger partial charge in [0.1, 0.15) is 17.8 Å². The quantitative estimate of drug-likeness (QED) is 0.559. The highest BCUT2D eigenvalue weighted by atomic mass is 16.5. The van der Waals surface area contributed by atoms with E-state index in [1.165, 1.54) is 0 Å². The molecule has 3 aromatic rings. The summed E-state index contributed by atoms with van der Waals surface area (Å²) in [7, 11) is 7.38. The molecule has 3 rings (SSSR count). The molecule has 148 valence electrons. The van der Waals surface area contributed by atoms with Gasteiger partial charge in [-0.3, -0.25) is 0 Å². The van der Waals surface area contributed by atoms with Crippen molar-refractivity contribution >= 4 is 6.01 Å². The molecule has 0 aliphatic carbocycles. The van der Waals surface area contributed by atoms with Crippen molar-refractivity contribution in [2.45, 2.75) is 19.6 Å². The minimum absolute atomic E-state index is 0.600. The average Bonchev–Trinajstić information content (AvgIpc) is 3.15. The van der Waals surface area contributed by atoms with E-state index in [0.29, 0.717) is 19.1 Å². The minimum Gasteiger partial charge on any atom is -0.497 e. The van der Waals surface area contributed by atoms with Gasteiger partial charge in [0.2, 0.25) is 0 Å². The fourth-order valence-electron chi connectivity index (χ4n) is 3.01. The van der Waals surface area contributed by atoms with E-state index in [4.69, 9.17) is 13.9 Å². The molecule has 0 N–H and O–H groups in total. The first-order valence-corrected chi connectivity index (χ1v) is 9.17. The Balaban J connectivity index is 1.87. The summed E-state index contributed by atoms with van der Waals surface area (Å²) in [5.41, 5.74) is 3.14. The van der Waals surface area contributed by atoms with E-state index in [1.54, 1.807) is 20.5 Å². The molecule has 2 aromatic carbocycles. The van der Waals surface area contributed by atoms with Gasteiger partial charge in [-0.15, -0.1) is 0 Å². The molecule has 6 nitrogen and oxygen atoms in total. The summed E-state index contributed by atoms with van der Waals surface area (Å²) in [6.45, 7) is 2.03. The average molecular weight is 381 g/mol. The largest absolute Gasteiger partial charge is 0.497 e. The van der Waals surface area contributed by atoms with Crippen LogP contribution >= 0.6 is 0 Å². The molecule has 0 saturated heterocycles. The maximum Gasteiger partial charge on any atom is 0.298 e. The van der Waals surface area contributed by atoms with Crippen molar-refractivity contribution < 1.29 is 13.9 Å². The monoisotopic (exact) mass is 381 g/mol. The van der Waals surface area contributed by atoms with Crippen LogP contribution in [0.3, 0.4) is 0 Å². The Morgan fingerprint density at radius 1 is 0.857 bits per heavy atom. The van der Waals surface area contributed by atoms with E-state index in [1.807, 2.05) is 50.5 Å². The fraction of sp³-hybridized carbons (Fsp3) is 0.318. The lowest BCUT2D eigenvalue weighted by atomic mass is 10.1. The Labute approximate surface area is 166 Å². The van der Waals surface area contributed by atoms with Gasteiger partial charge < -0.3 is 23.7 Å². The van der Waals surface area contributed by atoms with Crippen LogP contribution in [-0.4, -0.2) is 38.2 Å². The molecule has 0 spiro atoms. The van der Waals surface area contributed by atoms with Gasteiger partial charge in [-0.05, 0) is 49.5 Å². The van der Waals surface area contributed by atoms with Crippen LogP contribution in [0.25, 0.3) is 0 Å². The lowest BCUT2D eigenvalue weighted by Gasteiger charge is -2.21. The molecule has 0 aliphatic heterocycles. The minimum atomic E-state index is 0.600. The third-order valence-corrected chi connectivity index (χ3v) is 4.30. The summed E-state index contributed by atoms with van der Waals surface area (Å²) >= 11 is 0. The van der Waals surface area contributed by atoms with Gasteiger partial charge in [0.25, 0.3) is 6.01 Å². The number of hydrogen-bond acceptors (Lipinski definition) is 6. The summed E-state index contributed by atoms with van der Waals surface area (Å²) in [6, 6.07) is 16.7. The van der Waals surface area contributed by atoms with Gasteiger partial charge in [-0.1, -0.05) is 24.3 Å². The number of rotatable bonds is 9. The van der Waals surface area contributed by atoms with Gasteiger partial charge in [0.15, 0.2) is 0 Å². The first kappa shape index (κ1) is 19.8. The second kappa shape index (κ2) is 9.28. The second-order valence-corrected chi connectivity index (χ2v) is 6.92. The SMILES string of the molecule is COc1cccc(CN(Cc2cccc(OC)c2)c2nc(CN(C)C)co2)c1. The summed E-state index contributed by atoms with van der Waals surface area (Å²) in [6.07, 6.45) is 1.72. The van der Waals surface area contributed by atoms with Gasteiger partial charge >= 0.3 is 0 Å². The highest BCUT2D eigenvalue weighted by Gasteiger charge is 2.16. The van der Waals surface area contributed by atoms with Crippen LogP contribution in [0.4, 0.5) is 6.01 Å². The van der Waals surface area contributed by atoms with E-state index in [9.17, 15) is 0 Å². The first-order valence-electron chi connectivity index (χ1n) is 9.17. The third-order valence-electron chi connectivity index (χ3n) is 4.30. The van der Waals surface area contributed by atoms with Gasteiger partial charge in [-0.25, -0.2) is 0 Å². The molecule has 1 heterocycles. The van der Waals surface area contributed by atoms with E-state index >= 15 is 0 Å². The molecule has 6 heteroatoms. The van der Waals surface area contributed by atoms with Gasteiger partial charge in [0, 0.05) is 19.6 Å². The van der Waals surface area contributed by atoms with Crippen LogP contribution < -0.4 is 14.4 Å². The van der Waals surface area contributed by atoms with Crippen LogP contribution in [-0.2, 0) is 19.6 Å². The number of nitrogens with zero attached hydrogens (tertiary/aromatic N) is 3. The van der Waals surface area contributed by atoms with Crippen LogP contribution in [0.1, 0.15) is 16.8 Å². The zero-order valence-corrected chi connectivity index (χ0v) is 16.9. The number of ether oxygens (including phenoxy) is 2. The maximum absolute atomic E-state index is 5.81. The Hall–Kier alpha value is -2.99. The zero-order valence-electron chi connectivity index (χ0n) is 16.9. The Morgan fingerprint density at radius 2 is 1.43 bits per heavy atom. The number of methoxy groups -OCH3 is 2. The van der Waals surface area contributed by atoms with Crippen molar-refractivity contribution in [1.82, 2.24) is 9.88 Å². The van der Waals surface area contributed by atoms with Crippen molar-refractivity contribution in [2.75, 3.05) is 33.2 Å². The number of benzene rings is 2. The number of oxazole rings is 1. The topological polar surface area (TPSA) is 51.0 Å². The highest BCUT2D eigenvalue weighted by Crippen LogP contribution is 2.23. The van der Waals surface area contributed by atoms with E-state index < -0.39 is 0 Å². The van der Waals surface area contributed by atoms with Gasteiger partial charge in [0.05, 0.1) is 19.9 Å². The second-order valence-electron chi connectivity index (χ2n) is 6.92. The summed E-state index contributed by atoms with van der Waals surface area (Å²) in [5, 5.41) is 0. The van der Waals surface area contributed by atoms with Crippen molar-refractivity contribution in [3.63, 3.8) is 0 Å². The molecule has 28 heavy (non-hydrogen) atoms. The molecule has 0 amide bonds. The standard InChI is InChI=1S/C22H27N3O3/c1-24(2)15-19-16-28-22(23-19)25(13-17-7-5-9-20(11-17)26-3)14-18-8-6-10-21(12-18)27-4/h5-12,16H,13-15H2,1-4H3. The lowest BCUT2D eigenvalue weighted by molar-refractivity contribution is 0.396. The number of hydrogen-bond donors (Lipinski definition) is 0. The summed E-state index contributed by atoms with van der Waals surface area (Å²) in [4.78, 5) is 8.86. The fourth-order valence-corrected chi connectivity index (χ4v) is 3.01. The predicted octanol–water partition coefficient (Wildman–Crippen LogP) is 3.96. The first-order chi connectivity index (χ1) is 13.6. The maximum atomic E-state index is 5.81. The normalized spacial score (nSPS) is 10.9. The lowest BCUT2D eigenvalue weighted by Crippen LogP contribution is -2.22. The predicted molar refractivity (Wildman–Crippen MR) is 110 cm³/mol. The molecule has 0 unspecified atom stereocenters. The van der Waals surface area contributed by atoms with E-state index in [-0.39, 0.29) is 0 Å². The molecular weight excluding hydrogens is 354 g/mol. The smallest absolute Gasteiger partial charge is 0.298 e. The molecule has 0 saturated carbocycles. The zero-order chi connectivity index (χ0) is 19.9. The molecule has 1 aromatic heterocycles. The Bertz CT molecular complexity index is 842. The summed E-state index contributed by atoms with van der Waals surface area (Å²) in [5.74, 6) is 1.67. The van der Waals surface area contributed by atoms with Crippen LogP contribution in [0, 0.1) is 0 Å². The molecule has 0 radical (unpaired) electrons. The van der Waals surface area contributed by atoms with Crippen LogP contribution in [0.2, 0.25) is 0 Å². The Kier molecular flexibility index (Phi) is 6.55. The molecule has 0 atom stereocenters. The van der Waals surface area contributed by atoms with Crippen molar-refractivity contribution in [3.05, 3.63) is 71.6 Å². The van der Waals surface area contributed by atoms with E-state index in [0.717, 1.165) is 34.9 Å². The molecule has 0 fully saturated rings. The number of aromatic nitrogens is 1. The molecule has 0 aliphatic rings.